The lowest BCUT2D eigenvalue weighted by Crippen LogP contribution is -2.33. The van der Waals surface area contributed by atoms with Gasteiger partial charge in [0.2, 0.25) is 0 Å². The van der Waals surface area contributed by atoms with Crippen LogP contribution in [0.2, 0.25) is 0 Å². The molecule has 0 saturated carbocycles. The quantitative estimate of drug-likeness (QED) is 0.804. The number of rotatable bonds is 4. The van der Waals surface area contributed by atoms with Gasteiger partial charge < -0.3 is 16.0 Å². The Morgan fingerprint density at radius 2 is 1.78 bits per heavy atom. The van der Waals surface area contributed by atoms with Gasteiger partial charge in [-0.15, -0.1) is 0 Å². The smallest absolute Gasteiger partial charge is 0.0577 e. The molecule has 3 nitrogen and oxygen atoms in total. The van der Waals surface area contributed by atoms with E-state index in [4.69, 9.17) is 5.73 Å². The minimum absolute atomic E-state index is 0.858. The third kappa shape index (κ3) is 3.39. The van der Waals surface area contributed by atoms with E-state index in [1.54, 1.807) is 0 Å². The molecule has 18 heavy (non-hydrogen) atoms. The molecular formula is C15H25N3. The number of likely N-dealkylation sites (tertiary alicyclic amines) is 1. The van der Waals surface area contributed by atoms with Crippen LogP contribution in [-0.4, -0.2) is 31.1 Å². The lowest BCUT2D eigenvalue weighted by molar-refractivity contribution is 0.237. The highest BCUT2D eigenvalue weighted by atomic mass is 15.1. The van der Waals surface area contributed by atoms with Crippen LogP contribution in [0.5, 0.6) is 0 Å². The molecule has 2 rings (SSSR count). The Morgan fingerprint density at radius 3 is 2.50 bits per heavy atom. The lowest BCUT2D eigenvalue weighted by atomic mass is 10.1. The van der Waals surface area contributed by atoms with E-state index < -0.39 is 0 Å². The summed E-state index contributed by atoms with van der Waals surface area (Å²) in [5.74, 6) is 0. The van der Waals surface area contributed by atoms with E-state index in [0.717, 1.165) is 24.5 Å². The van der Waals surface area contributed by atoms with Crippen molar-refractivity contribution in [2.75, 3.05) is 37.2 Å². The number of hydrogen-bond donors (Lipinski definition) is 2. The molecule has 100 valence electrons. The standard InChI is InChI=1S/C15H25N3/c1-12-10-14(16)15(11-13(12)2)17-6-9-18-7-4-3-5-8-18/h10-11,17H,3-9,16H2,1-2H3. The summed E-state index contributed by atoms with van der Waals surface area (Å²) in [4.78, 5) is 2.54. The summed E-state index contributed by atoms with van der Waals surface area (Å²) >= 11 is 0. The van der Waals surface area contributed by atoms with E-state index in [0.29, 0.717) is 0 Å². The molecular weight excluding hydrogens is 222 g/mol. The summed E-state index contributed by atoms with van der Waals surface area (Å²) < 4.78 is 0. The monoisotopic (exact) mass is 247 g/mol. The van der Waals surface area contributed by atoms with E-state index in [2.05, 4.69) is 36.2 Å². The largest absolute Gasteiger partial charge is 0.397 e. The van der Waals surface area contributed by atoms with Crippen LogP contribution in [0, 0.1) is 13.8 Å². The third-order valence-corrected chi connectivity index (χ3v) is 3.86. The van der Waals surface area contributed by atoms with Gasteiger partial charge in [-0.3, -0.25) is 0 Å². The number of piperidine rings is 1. The molecule has 1 saturated heterocycles. The van der Waals surface area contributed by atoms with Crippen molar-refractivity contribution in [3.8, 4) is 0 Å². The van der Waals surface area contributed by atoms with Gasteiger partial charge in [0.15, 0.2) is 0 Å². The highest BCUT2D eigenvalue weighted by Gasteiger charge is 2.09. The molecule has 1 aliphatic heterocycles. The van der Waals surface area contributed by atoms with Crippen LogP contribution in [0.25, 0.3) is 0 Å². The van der Waals surface area contributed by atoms with Gasteiger partial charge in [-0.25, -0.2) is 0 Å². The molecule has 0 bridgehead atoms. The van der Waals surface area contributed by atoms with Gasteiger partial charge in [0.05, 0.1) is 11.4 Å². The maximum atomic E-state index is 6.03. The summed E-state index contributed by atoms with van der Waals surface area (Å²) in [6, 6.07) is 4.21. The van der Waals surface area contributed by atoms with Crippen LogP contribution < -0.4 is 11.1 Å². The first-order chi connectivity index (χ1) is 8.66. The molecule has 1 fully saturated rings. The highest BCUT2D eigenvalue weighted by Crippen LogP contribution is 2.22. The first-order valence-electron chi connectivity index (χ1n) is 7.00. The van der Waals surface area contributed by atoms with Crippen LogP contribution in [0.1, 0.15) is 30.4 Å². The Morgan fingerprint density at radius 1 is 1.11 bits per heavy atom. The number of benzene rings is 1. The molecule has 0 atom stereocenters. The van der Waals surface area contributed by atoms with Crippen molar-refractivity contribution in [1.82, 2.24) is 4.90 Å². The zero-order valence-electron chi connectivity index (χ0n) is 11.6. The molecule has 0 aliphatic carbocycles. The summed E-state index contributed by atoms with van der Waals surface area (Å²) in [6.07, 6.45) is 4.10. The number of nitrogen functional groups attached to an aromatic ring is 1. The van der Waals surface area contributed by atoms with E-state index in [-0.39, 0.29) is 0 Å². The normalized spacial score (nSPS) is 16.8. The average Bonchev–Trinajstić information content (AvgIpc) is 2.37. The second-order valence-electron chi connectivity index (χ2n) is 5.35. The predicted octanol–water partition coefficient (Wildman–Crippen LogP) is 2.78. The van der Waals surface area contributed by atoms with Crippen molar-refractivity contribution in [2.24, 2.45) is 0 Å². The summed E-state index contributed by atoms with van der Waals surface area (Å²) in [7, 11) is 0. The number of nitrogens with one attached hydrogen (secondary N) is 1. The van der Waals surface area contributed by atoms with Crippen LogP contribution in [-0.2, 0) is 0 Å². The van der Waals surface area contributed by atoms with Gasteiger partial charge in [-0.05, 0) is 63.0 Å². The average molecular weight is 247 g/mol. The van der Waals surface area contributed by atoms with Gasteiger partial charge in [-0.2, -0.15) is 0 Å². The fraction of sp³-hybridized carbons (Fsp3) is 0.600. The second-order valence-corrected chi connectivity index (χ2v) is 5.35. The maximum absolute atomic E-state index is 6.03. The van der Waals surface area contributed by atoms with Gasteiger partial charge in [0, 0.05) is 13.1 Å². The fourth-order valence-electron chi connectivity index (χ4n) is 2.52. The fourth-order valence-corrected chi connectivity index (χ4v) is 2.52. The van der Waals surface area contributed by atoms with Crippen molar-refractivity contribution in [1.29, 1.82) is 0 Å². The van der Waals surface area contributed by atoms with Gasteiger partial charge in [-0.1, -0.05) is 6.42 Å². The Hall–Kier alpha value is -1.22. The minimum Gasteiger partial charge on any atom is -0.397 e. The first kappa shape index (κ1) is 13.2. The number of aryl methyl sites for hydroxylation is 2. The van der Waals surface area contributed by atoms with Crippen LogP contribution >= 0.6 is 0 Å². The third-order valence-electron chi connectivity index (χ3n) is 3.86. The zero-order chi connectivity index (χ0) is 13.0. The molecule has 0 radical (unpaired) electrons. The SMILES string of the molecule is Cc1cc(N)c(NCCN2CCCCC2)cc1C. The summed E-state index contributed by atoms with van der Waals surface area (Å²) in [6.45, 7) is 8.83. The van der Waals surface area contributed by atoms with Gasteiger partial charge >= 0.3 is 0 Å². The topological polar surface area (TPSA) is 41.3 Å². The lowest BCUT2D eigenvalue weighted by Gasteiger charge is -2.26. The molecule has 3 N–H and O–H groups in total. The molecule has 1 aromatic carbocycles. The Bertz CT molecular complexity index is 395. The Labute approximate surface area is 110 Å². The van der Waals surface area contributed by atoms with E-state index in [1.807, 2.05) is 0 Å². The second kappa shape index (κ2) is 6.10. The Kier molecular flexibility index (Phi) is 4.48. The molecule has 0 aromatic heterocycles. The molecule has 3 heteroatoms. The first-order valence-corrected chi connectivity index (χ1v) is 7.00. The number of nitrogens with two attached hydrogens (primary N) is 1. The van der Waals surface area contributed by atoms with Crippen molar-refractivity contribution < 1.29 is 0 Å². The molecule has 1 aliphatic rings. The van der Waals surface area contributed by atoms with Crippen LogP contribution in [0.15, 0.2) is 12.1 Å². The zero-order valence-corrected chi connectivity index (χ0v) is 11.6. The summed E-state index contributed by atoms with van der Waals surface area (Å²) in [5, 5.41) is 3.46. The molecule has 1 aromatic rings. The minimum atomic E-state index is 0.858. The van der Waals surface area contributed by atoms with Gasteiger partial charge in [0.1, 0.15) is 0 Å². The molecule has 1 heterocycles. The predicted molar refractivity (Wildman–Crippen MR) is 79.1 cm³/mol. The van der Waals surface area contributed by atoms with Crippen molar-refractivity contribution in [3.05, 3.63) is 23.3 Å². The van der Waals surface area contributed by atoms with Crippen molar-refractivity contribution in [3.63, 3.8) is 0 Å². The Balaban J connectivity index is 1.84. The molecule has 0 unspecified atom stereocenters. The van der Waals surface area contributed by atoms with Crippen molar-refractivity contribution >= 4 is 11.4 Å². The van der Waals surface area contributed by atoms with E-state index >= 15 is 0 Å². The van der Waals surface area contributed by atoms with Crippen molar-refractivity contribution in [2.45, 2.75) is 33.1 Å². The number of hydrogen-bond acceptors (Lipinski definition) is 3. The highest BCUT2D eigenvalue weighted by molar-refractivity contribution is 5.68. The molecule has 0 spiro atoms. The molecule has 0 amide bonds. The summed E-state index contributed by atoms with van der Waals surface area (Å²) in [5.41, 5.74) is 10.5. The number of nitrogens with zero attached hydrogens (tertiary/aromatic N) is 1. The maximum Gasteiger partial charge on any atom is 0.0577 e. The van der Waals surface area contributed by atoms with Crippen LogP contribution in [0.3, 0.4) is 0 Å². The van der Waals surface area contributed by atoms with Gasteiger partial charge in [0.25, 0.3) is 0 Å². The van der Waals surface area contributed by atoms with Crippen LogP contribution in [0.4, 0.5) is 11.4 Å². The van der Waals surface area contributed by atoms with E-state index in [9.17, 15) is 0 Å². The van der Waals surface area contributed by atoms with E-state index in [1.165, 1.54) is 43.5 Å². The number of anilines is 2.